The summed E-state index contributed by atoms with van der Waals surface area (Å²) in [5.74, 6) is -1.32. The van der Waals surface area contributed by atoms with Gasteiger partial charge in [0.05, 0.1) is 5.56 Å². The van der Waals surface area contributed by atoms with Crippen LogP contribution in [0.25, 0.3) is 0 Å². The van der Waals surface area contributed by atoms with Gasteiger partial charge in [-0.05, 0) is 16.0 Å². The number of rotatable bonds is 2. The minimum absolute atomic E-state index is 0.195. The molecule has 0 radical (unpaired) electrons. The first-order valence-electron chi connectivity index (χ1n) is 3.84. The number of nitrogens with zero attached hydrogens (tertiary/aromatic N) is 2. The van der Waals surface area contributed by atoms with Gasteiger partial charge in [-0.2, -0.15) is 13.2 Å². The maximum atomic E-state index is 12.3. The van der Waals surface area contributed by atoms with E-state index in [9.17, 15) is 32.1 Å². The molecule has 0 aliphatic carbocycles. The third-order valence-corrected chi connectivity index (χ3v) is 1.94. The molecular weight excluding hydrogens is 275 g/mol. The lowest BCUT2D eigenvalue weighted by atomic mass is 10.2. The predicted octanol–water partition coefficient (Wildman–Crippen LogP) is 3.60. The SMILES string of the molecule is O=[N+]([O-])c1nc(C(F)(F)F)c(C(F)F)cc1Cl. The van der Waals surface area contributed by atoms with Crippen LogP contribution >= 0.6 is 11.6 Å². The number of alkyl halides is 5. The van der Waals surface area contributed by atoms with E-state index >= 15 is 0 Å². The number of halogens is 6. The summed E-state index contributed by atoms with van der Waals surface area (Å²) in [5.41, 5.74) is -3.50. The monoisotopic (exact) mass is 276 g/mol. The van der Waals surface area contributed by atoms with Crippen molar-refractivity contribution in [2.24, 2.45) is 0 Å². The first kappa shape index (κ1) is 13.6. The van der Waals surface area contributed by atoms with Crippen LogP contribution in [-0.4, -0.2) is 9.91 Å². The Morgan fingerprint density at radius 1 is 1.41 bits per heavy atom. The fourth-order valence-corrected chi connectivity index (χ4v) is 1.24. The highest BCUT2D eigenvalue weighted by Crippen LogP contribution is 2.38. The molecule has 0 saturated heterocycles. The number of hydrogen-bond donors (Lipinski definition) is 0. The molecule has 0 atom stereocenters. The summed E-state index contributed by atoms with van der Waals surface area (Å²) in [7, 11) is 0. The molecule has 0 spiro atoms. The Bertz CT molecular complexity index is 462. The number of hydrogen-bond acceptors (Lipinski definition) is 3. The Morgan fingerprint density at radius 3 is 2.29 bits per heavy atom. The molecule has 0 N–H and O–H groups in total. The minimum atomic E-state index is -5.22. The molecule has 0 amide bonds. The van der Waals surface area contributed by atoms with Gasteiger partial charge in [-0.25, -0.2) is 8.78 Å². The van der Waals surface area contributed by atoms with Crippen molar-refractivity contribution in [3.05, 3.63) is 32.5 Å². The highest BCUT2D eigenvalue weighted by atomic mass is 35.5. The van der Waals surface area contributed by atoms with E-state index in [0.29, 0.717) is 0 Å². The maximum Gasteiger partial charge on any atom is 0.458 e. The van der Waals surface area contributed by atoms with E-state index in [1.807, 2.05) is 0 Å². The van der Waals surface area contributed by atoms with E-state index in [4.69, 9.17) is 11.6 Å². The van der Waals surface area contributed by atoms with Gasteiger partial charge in [-0.3, -0.25) is 0 Å². The first-order valence-corrected chi connectivity index (χ1v) is 4.22. The zero-order valence-electron chi connectivity index (χ0n) is 7.63. The highest BCUT2D eigenvalue weighted by molar-refractivity contribution is 6.32. The maximum absolute atomic E-state index is 12.3. The normalized spacial score (nSPS) is 11.9. The zero-order valence-corrected chi connectivity index (χ0v) is 8.39. The van der Waals surface area contributed by atoms with Crippen LogP contribution in [0.4, 0.5) is 27.8 Å². The number of aromatic nitrogens is 1. The van der Waals surface area contributed by atoms with E-state index in [1.165, 1.54) is 0 Å². The summed E-state index contributed by atoms with van der Waals surface area (Å²) in [6.07, 6.45) is -8.71. The lowest BCUT2D eigenvalue weighted by molar-refractivity contribution is -0.389. The van der Waals surface area contributed by atoms with Crippen molar-refractivity contribution in [1.82, 2.24) is 4.98 Å². The molecule has 0 saturated carbocycles. The molecule has 0 aliphatic rings. The van der Waals surface area contributed by atoms with Crippen LogP contribution in [0.3, 0.4) is 0 Å². The van der Waals surface area contributed by atoms with Crippen LogP contribution < -0.4 is 0 Å². The summed E-state index contributed by atoms with van der Waals surface area (Å²) in [6.45, 7) is 0. The quantitative estimate of drug-likeness (QED) is 0.471. The standard InChI is InChI=1S/C7H2ClF5N2O2/c8-3-1-2(5(9)10)4(7(11,12)13)14-6(3)15(16)17/h1,5H. The molecule has 0 bridgehead atoms. The van der Waals surface area contributed by atoms with Crippen LogP contribution in [0, 0.1) is 10.1 Å². The third kappa shape index (κ3) is 2.78. The van der Waals surface area contributed by atoms with Gasteiger partial charge in [0.25, 0.3) is 12.1 Å². The second-order valence-electron chi connectivity index (χ2n) is 2.79. The Morgan fingerprint density at radius 2 is 1.94 bits per heavy atom. The Labute approximate surface area is 95.2 Å². The first-order chi connectivity index (χ1) is 7.64. The molecule has 1 aromatic heterocycles. The van der Waals surface area contributed by atoms with E-state index in [-0.39, 0.29) is 6.07 Å². The Kier molecular flexibility index (Phi) is 3.51. The van der Waals surface area contributed by atoms with Gasteiger partial charge in [0.15, 0.2) is 0 Å². The molecule has 1 aromatic rings. The summed E-state index contributed by atoms with van der Waals surface area (Å²) in [6, 6.07) is 0.195. The van der Waals surface area contributed by atoms with Gasteiger partial charge >= 0.3 is 12.0 Å². The van der Waals surface area contributed by atoms with Gasteiger partial charge < -0.3 is 10.1 Å². The average Bonchev–Trinajstić information content (AvgIpc) is 2.14. The molecule has 0 aromatic carbocycles. The van der Waals surface area contributed by atoms with Gasteiger partial charge in [-0.15, -0.1) is 0 Å². The average molecular weight is 277 g/mol. The minimum Gasteiger partial charge on any atom is -0.358 e. The van der Waals surface area contributed by atoms with Crippen molar-refractivity contribution in [3.63, 3.8) is 0 Å². The molecule has 17 heavy (non-hydrogen) atoms. The molecule has 0 fully saturated rings. The molecule has 1 heterocycles. The molecular formula is C7H2ClF5N2O2. The van der Waals surface area contributed by atoms with E-state index in [0.717, 1.165) is 0 Å². The summed E-state index contributed by atoms with van der Waals surface area (Å²) < 4.78 is 61.6. The van der Waals surface area contributed by atoms with Crippen molar-refractivity contribution in [2.75, 3.05) is 0 Å². The van der Waals surface area contributed by atoms with Crippen molar-refractivity contribution in [3.8, 4) is 0 Å². The fraction of sp³-hybridized carbons (Fsp3) is 0.286. The second-order valence-corrected chi connectivity index (χ2v) is 3.19. The molecule has 4 nitrogen and oxygen atoms in total. The van der Waals surface area contributed by atoms with Gasteiger partial charge in [0.2, 0.25) is 0 Å². The van der Waals surface area contributed by atoms with Gasteiger partial charge in [0.1, 0.15) is 5.02 Å². The largest absolute Gasteiger partial charge is 0.458 e. The van der Waals surface area contributed by atoms with Crippen LogP contribution in [0.2, 0.25) is 5.02 Å². The molecule has 0 aliphatic heterocycles. The van der Waals surface area contributed by atoms with E-state index in [1.54, 1.807) is 0 Å². The summed E-state index contributed by atoms with van der Waals surface area (Å²) in [4.78, 5) is 11.5. The number of nitro groups is 1. The van der Waals surface area contributed by atoms with Crippen LogP contribution in [0.1, 0.15) is 17.7 Å². The number of pyridine rings is 1. The topological polar surface area (TPSA) is 56.0 Å². The lowest BCUT2D eigenvalue weighted by Gasteiger charge is -2.08. The van der Waals surface area contributed by atoms with Crippen molar-refractivity contribution in [1.29, 1.82) is 0 Å². The van der Waals surface area contributed by atoms with Crippen LogP contribution in [-0.2, 0) is 6.18 Å². The van der Waals surface area contributed by atoms with Gasteiger partial charge in [-0.1, -0.05) is 11.6 Å². The third-order valence-electron chi connectivity index (χ3n) is 1.66. The van der Waals surface area contributed by atoms with Crippen molar-refractivity contribution < 1.29 is 26.9 Å². The van der Waals surface area contributed by atoms with Gasteiger partial charge in [0, 0.05) is 0 Å². The Balaban J connectivity index is 3.54. The van der Waals surface area contributed by atoms with Crippen LogP contribution in [0.5, 0.6) is 0 Å². The Hall–Kier alpha value is -1.51. The van der Waals surface area contributed by atoms with E-state index < -0.39 is 39.6 Å². The van der Waals surface area contributed by atoms with E-state index in [2.05, 4.69) is 4.98 Å². The molecule has 94 valence electrons. The fourth-order valence-electron chi connectivity index (χ4n) is 1.01. The lowest BCUT2D eigenvalue weighted by Crippen LogP contribution is -2.14. The van der Waals surface area contributed by atoms with Crippen LogP contribution in [0.15, 0.2) is 6.07 Å². The van der Waals surface area contributed by atoms with Crippen molar-refractivity contribution >= 4 is 17.4 Å². The summed E-state index contributed by atoms with van der Waals surface area (Å²) >= 11 is 5.19. The smallest absolute Gasteiger partial charge is 0.358 e. The second kappa shape index (κ2) is 4.40. The molecule has 1 rings (SSSR count). The zero-order chi connectivity index (χ0) is 13.4. The molecule has 10 heteroatoms. The van der Waals surface area contributed by atoms with Crippen molar-refractivity contribution in [2.45, 2.75) is 12.6 Å². The predicted molar refractivity (Wildman–Crippen MR) is 45.9 cm³/mol. The highest BCUT2D eigenvalue weighted by Gasteiger charge is 2.44. The molecule has 0 unspecified atom stereocenters. The summed E-state index contributed by atoms with van der Waals surface area (Å²) in [5, 5.41) is 9.41.